The molecule has 0 N–H and O–H groups in total. The van der Waals surface area contributed by atoms with E-state index in [2.05, 4.69) is 0 Å². The van der Waals surface area contributed by atoms with Crippen LogP contribution in [0.5, 0.6) is 0 Å². The number of carbonyl (C=O) groups excluding carboxylic acids is 1. The summed E-state index contributed by atoms with van der Waals surface area (Å²) in [7, 11) is 0. The van der Waals surface area contributed by atoms with E-state index in [1.165, 1.54) is 6.08 Å². The van der Waals surface area contributed by atoms with Crippen molar-refractivity contribution in [1.82, 2.24) is 0 Å². The van der Waals surface area contributed by atoms with Crippen molar-refractivity contribution in [2.75, 3.05) is 0 Å². The molecule has 1 aromatic heterocycles. The highest BCUT2D eigenvalue weighted by Crippen LogP contribution is 2.14. The van der Waals surface area contributed by atoms with Gasteiger partial charge in [0.2, 0.25) is 0 Å². The van der Waals surface area contributed by atoms with E-state index in [0.717, 1.165) is 0 Å². The van der Waals surface area contributed by atoms with Crippen molar-refractivity contribution in [2.45, 2.75) is 0 Å². The maximum atomic E-state index is 12.7. The van der Waals surface area contributed by atoms with Crippen molar-refractivity contribution in [3.8, 4) is 6.07 Å². The number of Topliss-reactive ketones (excluding diaryl/α,β-unsaturated/α-hetero) is 1. The molecule has 0 radical (unpaired) electrons. The maximum Gasteiger partial charge on any atom is 0.260 e. The minimum Gasteiger partial charge on any atom is -0.762 e. The molecule has 0 saturated carbocycles. The molecular formula is C17H10ClN3O. The molecule has 0 unspecified atom stereocenters. The smallest absolute Gasteiger partial charge is 0.260 e. The Morgan fingerprint density at radius 3 is 2.36 bits per heavy atom. The summed E-state index contributed by atoms with van der Waals surface area (Å²) in [5.41, 5.74) is 0.483. The Morgan fingerprint density at radius 1 is 1.18 bits per heavy atom. The molecule has 4 nitrogen and oxygen atoms in total. The number of rotatable bonds is 4. The van der Waals surface area contributed by atoms with Crippen molar-refractivity contribution in [1.29, 1.82) is 5.26 Å². The van der Waals surface area contributed by atoms with Crippen LogP contribution in [-0.4, -0.2) is 11.7 Å². The third-order valence-electron chi connectivity index (χ3n) is 2.85. The Labute approximate surface area is 132 Å². The first kappa shape index (κ1) is 15.4. The predicted molar refractivity (Wildman–Crippen MR) is 84.2 cm³/mol. The molecule has 0 spiro atoms. The van der Waals surface area contributed by atoms with Crippen LogP contribution in [0.25, 0.3) is 11.1 Å². The molecular weight excluding hydrogens is 298 g/mol. The van der Waals surface area contributed by atoms with E-state index in [9.17, 15) is 4.79 Å². The Hall–Kier alpha value is -2.99. The quantitative estimate of drug-likeness (QED) is 0.217. The largest absolute Gasteiger partial charge is 0.762 e. The van der Waals surface area contributed by atoms with Gasteiger partial charge in [-0.15, -0.1) is 0 Å². The number of halogens is 1. The Balaban J connectivity index is 2.54. The van der Waals surface area contributed by atoms with E-state index in [0.29, 0.717) is 10.6 Å². The minimum atomic E-state index is -0.309. The van der Waals surface area contributed by atoms with Crippen LogP contribution >= 0.6 is 11.6 Å². The normalized spacial score (nSPS) is 10.5. The third kappa shape index (κ3) is 3.56. The van der Waals surface area contributed by atoms with E-state index in [4.69, 9.17) is 22.3 Å². The topological polar surface area (TPSA) is 67.0 Å². The summed E-state index contributed by atoms with van der Waals surface area (Å²) in [6.07, 6.45) is 4.62. The maximum absolute atomic E-state index is 12.7. The number of ketones is 1. The second-order valence-electron chi connectivity index (χ2n) is 4.29. The zero-order chi connectivity index (χ0) is 15.9. The van der Waals surface area contributed by atoms with Gasteiger partial charge >= 0.3 is 0 Å². The summed E-state index contributed by atoms with van der Waals surface area (Å²) in [5, 5.41) is 18.4. The first-order valence-corrected chi connectivity index (χ1v) is 6.69. The van der Waals surface area contributed by atoms with Crippen molar-refractivity contribution in [2.24, 2.45) is 0 Å². The van der Waals surface area contributed by atoms with Gasteiger partial charge in [0.05, 0.1) is 5.57 Å². The van der Waals surface area contributed by atoms with Crippen LogP contribution in [0.2, 0.25) is 5.02 Å². The lowest BCUT2D eigenvalue weighted by atomic mass is 10.1. The zero-order valence-electron chi connectivity index (χ0n) is 11.4. The summed E-state index contributed by atoms with van der Waals surface area (Å²) in [5.74, 6) is 1.45. The zero-order valence-corrected chi connectivity index (χ0v) is 12.2. The van der Waals surface area contributed by atoms with Crippen LogP contribution in [0.4, 0.5) is 0 Å². The number of allylic oxidation sites excluding steroid dienone is 3. The number of nitriles is 1. The highest BCUT2D eigenvalue weighted by molar-refractivity contribution is 6.31. The molecule has 0 fully saturated rings. The van der Waals surface area contributed by atoms with E-state index in [1.54, 1.807) is 71.4 Å². The van der Waals surface area contributed by atoms with Crippen molar-refractivity contribution < 1.29 is 9.36 Å². The fourth-order valence-electron chi connectivity index (χ4n) is 1.79. The molecule has 22 heavy (non-hydrogen) atoms. The number of hydrogen-bond acceptors (Lipinski definition) is 2. The Bertz CT molecular complexity index is 811. The van der Waals surface area contributed by atoms with E-state index >= 15 is 0 Å². The molecule has 0 aliphatic heterocycles. The van der Waals surface area contributed by atoms with Gasteiger partial charge in [-0.3, -0.25) is 10.7 Å². The average molecular weight is 308 g/mol. The van der Waals surface area contributed by atoms with Gasteiger partial charge in [-0.1, -0.05) is 17.7 Å². The van der Waals surface area contributed by atoms with Gasteiger partial charge in [0, 0.05) is 28.8 Å². The van der Waals surface area contributed by atoms with E-state index in [1.807, 2.05) is 0 Å². The fraction of sp³-hybridized carbons (Fsp3) is 0. The Morgan fingerprint density at radius 2 is 1.82 bits per heavy atom. The summed E-state index contributed by atoms with van der Waals surface area (Å²) < 4.78 is 1.56. The lowest BCUT2D eigenvalue weighted by Gasteiger charge is -2.02. The van der Waals surface area contributed by atoms with Crippen LogP contribution in [-0.2, 0) is 0 Å². The van der Waals surface area contributed by atoms with Crippen LogP contribution in [0.1, 0.15) is 10.4 Å². The number of benzene rings is 1. The van der Waals surface area contributed by atoms with Gasteiger partial charge in [-0.2, -0.15) is 9.83 Å². The van der Waals surface area contributed by atoms with Crippen LogP contribution in [0.15, 0.2) is 66.5 Å². The third-order valence-corrected chi connectivity index (χ3v) is 3.11. The summed E-state index contributed by atoms with van der Waals surface area (Å²) >= 11 is 5.82. The standard InChI is InChI=1S/C17H10ClN3O/c18-15-6-4-14(5-7-15)17(22)16(10-13(11-19)12-20)21-8-2-1-3-9-21/h1-10H/b16-10-. The highest BCUT2D eigenvalue weighted by Gasteiger charge is 2.21. The highest BCUT2D eigenvalue weighted by atomic mass is 35.5. The van der Waals surface area contributed by atoms with Gasteiger partial charge in [-0.05, 0) is 24.3 Å². The molecule has 2 rings (SSSR count). The minimum absolute atomic E-state index is 0.145. The molecule has 1 aromatic carbocycles. The second kappa shape index (κ2) is 7.14. The van der Waals surface area contributed by atoms with Crippen molar-refractivity contribution in [3.63, 3.8) is 0 Å². The average Bonchev–Trinajstić information content (AvgIpc) is 2.57. The molecule has 2 aromatic rings. The fourth-order valence-corrected chi connectivity index (χ4v) is 1.92. The molecule has 0 amide bonds. The summed E-state index contributed by atoms with van der Waals surface area (Å²) in [6, 6.07) is 13.5. The summed E-state index contributed by atoms with van der Waals surface area (Å²) in [4.78, 5) is 12.7. The van der Waals surface area contributed by atoms with Crippen LogP contribution < -0.4 is 4.57 Å². The van der Waals surface area contributed by atoms with Crippen LogP contribution in [0.3, 0.4) is 0 Å². The number of carbonyl (C=O) groups is 1. The molecule has 0 aliphatic rings. The molecule has 0 aliphatic carbocycles. The lowest BCUT2D eigenvalue weighted by Crippen LogP contribution is -2.35. The van der Waals surface area contributed by atoms with Crippen molar-refractivity contribution >= 4 is 29.0 Å². The number of hydrogen-bond donors (Lipinski definition) is 0. The lowest BCUT2D eigenvalue weighted by molar-refractivity contribution is -0.576. The van der Waals surface area contributed by atoms with Gasteiger partial charge in [0.25, 0.3) is 11.5 Å². The summed E-state index contributed by atoms with van der Waals surface area (Å²) in [6.45, 7) is 0. The first-order valence-electron chi connectivity index (χ1n) is 6.31. The number of nitrogens with zero attached hydrogens (tertiary/aromatic N) is 3. The predicted octanol–water partition coefficient (Wildman–Crippen LogP) is 3.04. The molecule has 0 bridgehead atoms. The van der Waals surface area contributed by atoms with Crippen molar-refractivity contribution in [3.05, 3.63) is 82.5 Å². The van der Waals surface area contributed by atoms with Gasteiger partial charge in [0.15, 0.2) is 12.4 Å². The SMILES string of the molecule is N#CC(=C=[N-])/C=C(/C(=O)c1ccc(Cl)cc1)[n+]1ccccc1. The molecule has 5 heteroatoms. The molecule has 106 valence electrons. The Kier molecular flexibility index (Phi) is 5.00. The van der Waals surface area contributed by atoms with Gasteiger partial charge < -0.3 is 5.41 Å². The van der Waals surface area contributed by atoms with Gasteiger partial charge in [-0.25, -0.2) is 0 Å². The monoisotopic (exact) mass is 307 g/mol. The molecule has 0 saturated heterocycles. The number of pyridine rings is 1. The van der Waals surface area contributed by atoms with E-state index < -0.39 is 0 Å². The second-order valence-corrected chi connectivity index (χ2v) is 4.72. The molecule has 1 heterocycles. The van der Waals surface area contributed by atoms with E-state index in [-0.39, 0.29) is 17.1 Å². The first-order chi connectivity index (χ1) is 10.7. The number of aromatic nitrogens is 1. The van der Waals surface area contributed by atoms with Gasteiger partial charge in [0.1, 0.15) is 6.07 Å². The molecule has 0 atom stereocenters. The van der Waals surface area contributed by atoms with Crippen LogP contribution in [0, 0.1) is 11.3 Å².